The van der Waals surface area contributed by atoms with Gasteiger partial charge in [0.15, 0.2) is 0 Å². The Morgan fingerprint density at radius 3 is 2.55 bits per heavy atom. The minimum atomic E-state index is -0.0427. The predicted molar refractivity (Wildman–Crippen MR) is 111 cm³/mol. The molecule has 0 N–H and O–H groups in total. The summed E-state index contributed by atoms with van der Waals surface area (Å²) in [5, 5.41) is 0. The van der Waals surface area contributed by atoms with E-state index < -0.39 is 0 Å². The molecule has 0 radical (unpaired) electrons. The number of pyridine rings is 1. The van der Waals surface area contributed by atoms with Gasteiger partial charge in [0.1, 0.15) is 5.69 Å². The molecule has 3 rings (SSSR count). The van der Waals surface area contributed by atoms with Gasteiger partial charge >= 0.3 is 0 Å². The summed E-state index contributed by atoms with van der Waals surface area (Å²) in [4.78, 5) is 32.1. The predicted octanol–water partition coefficient (Wildman–Crippen LogP) is 3.44. The highest BCUT2D eigenvalue weighted by molar-refractivity contribution is 5.92. The van der Waals surface area contributed by atoms with Crippen LogP contribution in [0, 0.1) is 0 Å². The van der Waals surface area contributed by atoms with Crippen LogP contribution in [-0.2, 0) is 16.1 Å². The van der Waals surface area contributed by atoms with Crippen LogP contribution in [0.15, 0.2) is 48.7 Å². The third kappa shape index (κ3) is 5.21. The van der Waals surface area contributed by atoms with Gasteiger partial charge in [-0.2, -0.15) is 0 Å². The quantitative estimate of drug-likeness (QED) is 0.752. The Balaban J connectivity index is 1.68. The summed E-state index contributed by atoms with van der Waals surface area (Å²) in [6.07, 6.45) is 3.20. The van der Waals surface area contributed by atoms with Gasteiger partial charge in [0.25, 0.3) is 5.91 Å². The van der Waals surface area contributed by atoms with Gasteiger partial charge in [-0.05, 0) is 43.0 Å². The maximum Gasteiger partial charge on any atom is 0.272 e. The Morgan fingerprint density at radius 2 is 1.93 bits per heavy atom. The van der Waals surface area contributed by atoms with Crippen molar-refractivity contribution in [1.29, 1.82) is 0 Å². The molecule has 2 amide bonds. The number of carbonyl (C=O) groups excluding carboxylic acids is 2. The first-order chi connectivity index (χ1) is 14.0. The first-order valence-corrected chi connectivity index (χ1v) is 10.1. The summed E-state index contributed by atoms with van der Waals surface area (Å²) in [7, 11) is 1.79. The van der Waals surface area contributed by atoms with Gasteiger partial charge in [0.05, 0.1) is 6.10 Å². The van der Waals surface area contributed by atoms with Gasteiger partial charge in [-0.25, -0.2) is 0 Å². The van der Waals surface area contributed by atoms with E-state index in [1.54, 1.807) is 31.1 Å². The van der Waals surface area contributed by atoms with Crippen molar-refractivity contribution >= 4 is 11.8 Å². The van der Waals surface area contributed by atoms with Crippen LogP contribution in [0.25, 0.3) is 0 Å². The van der Waals surface area contributed by atoms with Crippen molar-refractivity contribution in [2.75, 3.05) is 20.2 Å². The van der Waals surface area contributed by atoms with Crippen molar-refractivity contribution in [3.05, 3.63) is 65.5 Å². The Kier molecular flexibility index (Phi) is 6.99. The van der Waals surface area contributed by atoms with Crippen molar-refractivity contribution < 1.29 is 14.3 Å². The average molecular weight is 396 g/mol. The van der Waals surface area contributed by atoms with Crippen molar-refractivity contribution in [1.82, 2.24) is 14.8 Å². The topological polar surface area (TPSA) is 62.7 Å². The largest absolute Gasteiger partial charge is 0.373 e. The Morgan fingerprint density at radius 1 is 1.17 bits per heavy atom. The highest BCUT2D eigenvalue weighted by Crippen LogP contribution is 2.31. The van der Waals surface area contributed by atoms with E-state index >= 15 is 0 Å². The number of carbonyl (C=O) groups is 2. The number of benzene rings is 1. The number of hydrogen-bond donors (Lipinski definition) is 0. The van der Waals surface area contributed by atoms with Crippen LogP contribution in [0.1, 0.15) is 54.4 Å². The van der Waals surface area contributed by atoms with Gasteiger partial charge in [-0.1, -0.05) is 30.3 Å². The molecule has 0 unspecified atom stereocenters. The second-order valence-corrected chi connectivity index (χ2v) is 7.46. The van der Waals surface area contributed by atoms with Gasteiger partial charge in [0.2, 0.25) is 5.91 Å². The molecule has 1 aromatic heterocycles. The lowest BCUT2D eigenvalue weighted by atomic mass is 9.95. The van der Waals surface area contributed by atoms with Crippen molar-refractivity contribution in [3.8, 4) is 0 Å². The number of nitrogens with zero attached hydrogens (tertiary/aromatic N) is 3. The van der Waals surface area contributed by atoms with Crippen LogP contribution in [-0.4, -0.2) is 52.8 Å². The molecule has 1 saturated heterocycles. The highest BCUT2D eigenvalue weighted by Gasteiger charge is 2.31. The highest BCUT2D eigenvalue weighted by atomic mass is 16.5. The maximum absolute atomic E-state index is 12.9. The van der Waals surface area contributed by atoms with Gasteiger partial charge < -0.3 is 14.5 Å². The lowest BCUT2D eigenvalue weighted by Gasteiger charge is -2.37. The molecule has 6 nitrogen and oxygen atoms in total. The zero-order chi connectivity index (χ0) is 20.8. The molecule has 0 saturated carbocycles. The summed E-state index contributed by atoms with van der Waals surface area (Å²) < 4.78 is 6.02. The molecule has 2 heterocycles. The van der Waals surface area contributed by atoms with Gasteiger partial charge in [-0.15, -0.1) is 0 Å². The molecule has 0 spiro atoms. The fourth-order valence-electron chi connectivity index (χ4n) is 3.72. The molecule has 0 bridgehead atoms. The van der Waals surface area contributed by atoms with Crippen LogP contribution >= 0.6 is 0 Å². The van der Waals surface area contributed by atoms with Crippen molar-refractivity contribution in [2.24, 2.45) is 0 Å². The second kappa shape index (κ2) is 9.65. The fourth-order valence-corrected chi connectivity index (χ4v) is 3.72. The molecule has 1 aromatic carbocycles. The summed E-state index contributed by atoms with van der Waals surface area (Å²) in [6.45, 7) is 5.42. The number of hydrogen-bond acceptors (Lipinski definition) is 4. The minimum absolute atomic E-state index is 0.0265. The van der Waals surface area contributed by atoms with Crippen LogP contribution in [0.5, 0.6) is 0 Å². The Bertz CT molecular complexity index is 823. The van der Waals surface area contributed by atoms with Crippen molar-refractivity contribution in [3.63, 3.8) is 0 Å². The van der Waals surface area contributed by atoms with E-state index in [-0.39, 0.29) is 24.0 Å². The standard InChI is InChI=1S/C23H29N3O3/c1-4-26(23(28)21-7-5-6-13-24-21)20-12-14-29-22(15-20)19-10-8-18(9-11-19)16-25(3)17(2)27/h5-11,13,20,22H,4,12,14-16H2,1-3H3/t20-,22+/m1/s1. The molecule has 154 valence electrons. The first-order valence-electron chi connectivity index (χ1n) is 10.1. The SMILES string of the molecule is CCN(C(=O)c1ccccn1)[C@@H]1CCO[C@H](c2ccc(CN(C)C(C)=O)cc2)C1. The van der Waals surface area contributed by atoms with Gasteiger partial charge in [0, 0.05) is 45.9 Å². The maximum atomic E-state index is 12.9. The van der Waals surface area contributed by atoms with E-state index in [0.717, 1.165) is 24.0 Å². The molecular weight excluding hydrogens is 366 g/mol. The lowest BCUT2D eigenvalue weighted by molar-refractivity contribution is -0.128. The summed E-state index contributed by atoms with van der Waals surface area (Å²) >= 11 is 0. The molecular formula is C23H29N3O3. The first kappa shape index (κ1) is 21.0. The molecule has 6 heteroatoms. The van der Waals surface area contributed by atoms with E-state index in [0.29, 0.717) is 25.4 Å². The zero-order valence-corrected chi connectivity index (χ0v) is 17.4. The number of ether oxygens (including phenoxy) is 1. The molecule has 1 aliphatic heterocycles. The monoisotopic (exact) mass is 395 g/mol. The number of aromatic nitrogens is 1. The van der Waals surface area contributed by atoms with E-state index in [9.17, 15) is 9.59 Å². The van der Waals surface area contributed by atoms with Crippen LogP contribution in [0.2, 0.25) is 0 Å². The van der Waals surface area contributed by atoms with Crippen LogP contribution < -0.4 is 0 Å². The zero-order valence-electron chi connectivity index (χ0n) is 17.4. The Labute approximate surface area is 172 Å². The van der Waals surface area contributed by atoms with Crippen molar-refractivity contribution in [2.45, 2.75) is 45.4 Å². The minimum Gasteiger partial charge on any atom is -0.373 e. The van der Waals surface area contributed by atoms with E-state index in [1.807, 2.05) is 36.1 Å². The lowest BCUT2D eigenvalue weighted by Crippen LogP contribution is -2.44. The molecule has 0 aliphatic carbocycles. The average Bonchev–Trinajstić information content (AvgIpc) is 2.75. The number of rotatable bonds is 6. The summed E-state index contributed by atoms with van der Waals surface area (Å²) in [6, 6.07) is 13.7. The summed E-state index contributed by atoms with van der Waals surface area (Å²) in [5.74, 6) is 0.0196. The third-order valence-corrected chi connectivity index (χ3v) is 5.49. The summed E-state index contributed by atoms with van der Waals surface area (Å²) in [5.41, 5.74) is 2.67. The smallest absolute Gasteiger partial charge is 0.272 e. The molecule has 2 aromatic rings. The van der Waals surface area contributed by atoms with Crippen LogP contribution in [0.3, 0.4) is 0 Å². The van der Waals surface area contributed by atoms with E-state index in [2.05, 4.69) is 17.1 Å². The van der Waals surface area contributed by atoms with Gasteiger partial charge in [-0.3, -0.25) is 14.6 Å². The second-order valence-electron chi connectivity index (χ2n) is 7.46. The molecule has 1 fully saturated rings. The van der Waals surface area contributed by atoms with E-state index in [4.69, 9.17) is 4.74 Å². The third-order valence-electron chi connectivity index (χ3n) is 5.49. The van der Waals surface area contributed by atoms with E-state index in [1.165, 1.54) is 0 Å². The fraction of sp³-hybridized carbons (Fsp3) is 0.435. The molecule has 29 heavy (non-hydrogen) atoms. The van der Waals surface area contributed by atoms with Crippen LogP contribution in [0.4, 0.5) is 0 Å². The molecule has 1 aliphatic rings. The molecule has 2 atom stereocenters. The Hall–Kier alpha value is -2.73. The normalized spacial score (nSPS) is 18.9. The number of amides is 2.